The summed E-state index contributed by atoms with van der Waals surface area (Å²) in [6.07, 6.45) is 1.38. The van der Waals surface area contributed by atoms with E-state index >= 15 is 0 Å². The highest BCUT2D eigenvalue weighted by Crippen LogP contribution is 2.37. The van der Waals surface area contributed by atoms with E-state index in [1.54, 1.807) is 4.90 Å². The molecule has 0 unspecified atom stereocenters. The van der Waals surface area contributed by atoms with Gasteiger partial charge in [-0.2, -0.15) is 0 Å². The van der Waals surface area contributed by atoms with Crippen molar-refractivity contribution in [3.05, 3.63) is 22.2 Å². The zero-order chi connectivity index (χ0) is 17.9. The number of rotatable bonds is 3. The Morgan fingerprint density at radius 3 is 2.29 bits per heavy atom. The lowest BCUT2D eigenvalue weighted by atomic mass is 9.98. The largest absolute Gasteiger partial charge is 0.508 e. The topological polar surface area (TPSA) is 59.0 Å². The molecule has 134 valence electrons. The van der Waals surface area contributed by atoms with Crippen molar-refractivity contribution < 1.29 is 19.4 Å². The number of hydrogen-bond acceptors (Lipinski definition) is 4. The first-order valence-electron chi connectivity index (χ1n) is 7.94. The Morgan fingerprint density at radius 1 is 1.25 bits per heavy atom. The van der Waals surface area contributed by atoms with Crippen molar-refractivity contribution in [2.24, 2.45) is 5.92 Å². The maximum Gasteiger partial charge on any atom is 0.410 e. The van der Waals surface area contributed by atoms with Gasteiger partial charge in [0.25, 0.3) is 0 Å². The number of amides is 1. The van der Waals surface area contributed by atoms with Crippen molar-refractivity contribution >= 4 is 29.3 Å². The molecule has 1 fully saturated rings. The van der Waals surface area contributed by atoms with Crippen LogP contribution >= 0.6 is 23.2 Å². The molecule has 1 heterocycles. The molecule has 1 aromatic carbocycles. The maximum absolute atomic E-state index is 12.0. The van der Waals surface area contributed by atoms with E-state index in [2.05, 4.69) is 0 Å². The van der Waals surface area contributed by atoms with Gasteiger partial charge in [0.1, 0.15) is 11.4 Å². The van der Waals surface area contributed by atoms with Gasteiger partial charge in [-0.25, -0.2) is 4.79 Å². The normalized spacial score (nSPS) is 16.1. The molecule has 7 heteroatoms. The minimum Gasteiger partial charge on any atom is -0.508 e. The second kappa shape index (κ2) is 7.70. The quantitative estimate of drug-likeness (QED) is 0.829. The average molecular weight is 376 g/mol. The molecular weight excluding hydrogens is 353 g/mol. The second-order valence-corrected chi connectivity index (χ2v) is 7.77. The summed E-state index contributed by atoms with van der Waals surface area (Å²) < 4.78 is 11.1. The smallest absolute Gasteiger partial charge is 0.410 e. The van der Waals surface area contributed by atoms with Crippen molar-refractivity contribution in [2.45, 2.75) is 39.2 Å². The summed E-state index contributed by atoms with van der Waals surface area (Å²) in [7, 11) is 0. The molecule has 0 spiro atoms. The second-order valence-electron chi connectivity index (χ2n) is 6.96. The van der Waals surface area contributed by atoms with Gasteiger partial charge in [-0.15, -0.1) is 0 Å². The van der Waals surface area contributed by atoms with E-state index in [0.29, 0.717) is 31.4 Å². The minimum absolute atomic E-state index is 0.00280. The van der Waals surface area contributed by atoms with Crippen LogP contribution in [0.4, 0.5) is 4.79 Å². The molecule has 1 aliphatic heterocycles. The summed E-state index contributed by atoms with van der Waals surface area (Å²) in [5.41, 5.74) is -0.483. The fourth-order valence-electron chi connectivity index (χ4n) is 2.49. The number of piperidine rings is 1. The Hall–Kier alpha value is -1.33. The van der Waals surface area contributed by atoms with Crippen LogP contribution in [0.2, 0.25) is 10.0 Å². The minimum atomic E-state index is -0.483. The van der Waals surface area contributed by atoms with Crippen LogP contribution in [0.25, 0.3) is 0 Å². The molecular formula is C17H23Cl2NO4. The number of aromatic hydroxyl groups is 1. The Bertz CT molecular complexity index is 570. The number of phenols is 1. The molecule has 1 N–H and O–H groups in total. The van der Waals surface area contributed by atoms with Crippen LogP contribution in [0.15, 0.2) is 12.1 Å². The van der Waals surface area contributed by atoms with E-state index < -0.39 is 5.60 Å². The summed E-state index contributed by atoms with van der Waals surface area (Å²) in [4.78, 5) is 13.8. The molecule has 24 heavy (non-hydrogen) atoms. The lowest BCUT2D eigenvalue weighted by Crippen LogP contribution is -2.42. The summed E-state index contributed by atoms with van der Waals surface area (Å²) >= 11 is 12.1. The standard InChI is InChI=1S/C17H23Cl2NO4/c1-17(2,3)24-16(22)20-6-4-11(5-7-20)10-23-15-13(18)8-12(21)9-14(15)19/h8-9,11,21H,4-7,10H2,1-3H3. The van der Waals surface area contributed by atoms with Gasteiger partial charge < -0.3 is 19.5 Å². The summed E-state index contributed by atoms with van der Waals surface area (Å²) in [5, 5.41) is 9.99. The van der Waals surface area contributed by atoms with Crippen LogP contribution < -0.4 is 4.74 Å². The van der Waals surface area contributed by atoms with Crippen LogP contribution in [0, 0.1) is 5.92 Å². The zero-order valence-corrected chi connectivity index (χ0v) is 15.7. The number of likely N-dealkylation sites (tertiary alicyclic amines) is 1. The SMILES string of the molecule is CC(C)(C)OC(=O)N1CCC(COc2c(Cl)cc(O)cc2Cl)CC1. The first-order chi connectivity index (χ1) is 11.2. The fraction of sp³-hybridized carbons (Fsp3) is 0.588. The number of carbonyl (C=O) groups is 1. The predicted octanol–water partition coefficient (Wildman–Crippen LogP) is 4.72. The highest BCUT2D eigenvalue weighted by atomic mass is 35.5. The van der Waals surface area contributed by atoms with Gasteiger partial charge in [0, 0.05) is 25.2 Å². The number of ether oxygens (including phenoxy) is 2. The Labute approximate surface area is 152 Å². The number of benzene rings is 1. The molecule has 5 nitrogen and oxygen atoms in total. The van der Waals surface area contributed by atoms with Gasteiger partial charge in [0.05, 0.1) is 16.7 Å². The zero-order valence-electron chi connectivity index (χ0n) is 14.1. The summed E-state index contributed by atoms with van der Waals surface area (Å²) in [6, 6.07) is 2.79. The third-order valence-corrected chi connectivity index (χ3v) is 4.27. The number of hydrogen-bond donors (Lipinski definition) is 1. The van der Waals surface area contributed by atoms with E-state index in [1.807, 2.05) is 20.8 Å². The molecule has 2 rings (SSSR count). The Morgan fingerprint density at radius 2 is 1.79 bits per heavy atom. The third kappa shape index (κ3) is 5.35. The monoisotopic (exact) mass is 375 g/mol. The van der Waals surface area contributed by atoms with Crippen LogP contribution in [-0.4, -0.2) is 41.4 Å². The third-order valence-electron chi connectivity index (χ3n) is 3.71. The lowest BCUT2D eigenvalue weighted by Gasteiger charge is -2.33. The number of halogens is 2. The van der Waals surface area contributed by atoms with E-state index in [1.165, 1.54) is 12.1 Å². The predicted molar refractivity (Wildman–Crippen MR) is 94.2 cm³/mol. The first kappa shape index (κ1) is 19.0. The molecule has 1 aliphatic rings. The van der Waals surface area contributed by atoms with Crippen LogP contribution in [-0.2, 0) is 4.74 Å². The lowest BCUT2D eigenvalue weighted by molar-refractivity contribution is 0.0165. The molecule has 0 saturated carbocycles. The summed E-state index contributed by atoms with van der Waals surface area (Å²) in [6.45, 7) is 7.32. The Balaban J connectivity index is 1.83. The molecule has 1 saturated heterocycles. The highest BCUT2D eigenvalue weighted by molar-refractivity contribution is 6.37. The molecule has 0 radical (unpaired) electrons. The number of nitrogens with zero attached hydrogens (tertiary/aromatic N) is 1. The molecule has 0 aromatic heterocycles. The van der Waals surface area contributed by atoms with E-state index in [-0.39, 0.29) is 21.9 Å². The van der Waals surface area contributed by atoms with Crippen molar-refractivity contribution in [2.75, 3.05) is 19.7 Å². The van der Waals surface area contributed by atoms with Crippen molar-refractivity contribution in [3.63, 3.8) is 0 Å². The van der Waals surface area contributed by atoms with Crippen molar-refractivity contribution in [3.8, 4) is 11.5 Å². The van der Waals surface area contributed by atoms with E-state index in [9.17, 15) is 9.90 Å². The molecule has 1 amide bonds. The average Bonchev–Trinajstić information content (AvgIpc) is 2.45. The number of phenolic OH excluding ortho intramolecular Hbond substituents is 1. The van der Waals surface area contributed by atoms with Gasteiger partial charge in [0.15, 0.2) is 5.75 Å². The van der Waals surface area contributed by atoms with E-state index in [4.69, 9.17) is 32.7 Å². The molecule has 0 aliphatic carbocycles. The molecule has 0 bridgehead atoms. The van der Waals surface area contributed by atoms with Gasteiger partial charge in [-0.3, -0.25) is 0 Å². The number of carbonyl (C=O) groups excluding carboxylic acids is 1. The summed E-state index contributed by atoms with van der Waals surface area (Å²) in [5.74, 6) is 0.693. The fourth-order valence-corrected chi connectivity index (χ4v) is 3.08. The van der Waals surface area contributed by atoms with Gasteiger partial charge in [-0.05, 0) is 39.5 Å². The van der Waals surface area contributed by atoms with Gasteiger partial charge >= 0.3 is 6.09 Å². The van der Waals surface area contributed by atoms with Gasteiger partial charge in [-0.1, -0.05) is 23.2 Å². The van der Waals surface area contributed by atoms with Gasteiger partial charge in [0.2, 0.25) is 0 Å². The maximum atomic E-state index is 12.0. The van der Waals surface area contributed by atoms with Crippen molar-refractivity contribution in [1.29, 1.82) is 0 Å². The van der Waals surface area contributed by atoms with Crippen LogP contribution in [0.1, 0.15) is 33.6 Å². The first-order valence-corrected chi connectivity index (χ1v) is 8.70. The highest BCUT2D eigenvalue weighted by Gasteiger charge is 2.27. The van der Waals surface area contributed by atoms with Crippen molar-refractivity contribution in [1.82, 2.24) is 4.90 Å². The Kier molecular flexibility index (Phi) is 6.10. The van der Waals surface area contributed by atoms with Crippen LogP contribution in [0.5, 0.6) is 11.5 Å². The molecule has 0 atom stereocenters. The van der Waals surface area contributed by atoms with Crippen LogP contribution in [0.3, 0.4) is 0 Å². The van der Waals surface area contributed by atoms with E-state index in [0.717, 1.165) is 12.8 Å². The molecule has 1 aromatic rings.